The number of carbonyl (C=O) groups excluding carboxylic acids is 1. The molecule has 0 aliphatic carbocycles. The van der Waals surface area contributed by atoms with Crippen molar-refractivity contribution in [3.8, 4) is 16.9 Å². The highest BCUT2D eigenvalue weighted by atomic mass is 16.5. The van der Waals surface area contributed by atoms with E-state index in [4.69, 9.17) is 4.74 Å². The van der Waals surface area contributed by atoms with Crippen molar-refractivity contribution >= 4 is 5.91 Å². The van der Waals surface area contributed by atoms with E-state index in [0.29, 0.717) is 5.75 Å². The Balaban J connectivity index is 1.56. The summed E-state index contributed by atoms with van der Waals surface area (Å²) in [7, 11) is 0. The molecule has 1 heterocycles. The van der Waals surface area contributed by atoms with E-state index in [1.165, 1.54) is 35.9 Å². The molecule has 0 bridgehead atoms. The van der Waals surface area contributed by atoms with Gasteiger partial charge in [0, 0.05) is 5.69 Å². The molecule has 2 aromatic carbocycles. The Bertz CT molecular complexity index is 943. The Hall–Kier alpha value is -2.88. The van der Waals surface area contributed by atoms with Crippen LogP contribution in [0.5, 0.6) is 5.75 Å². The molecule has 0 unspecified atom stereocenters. The molecule has 0 aliphatic heterocycles. The van der Waals surface area contributed by atoms with Crippen LogP contribution in [0.1, 0.15) is 60.8 Å². The van der Waals surface area contributed by atoms with E-state index in [0.717, 1.165) is 35.4 Å². The summed E-state index contributed by atoms with van der Waals surface area (Å²) in [4.78, 5) is 12.7. The molecule has 0 radical (unpaired) electrons. The molecule has 0 saturated heterocycles. The van der Waals surface area contributed by atoms with Crippen LogP contribution in [-0.2, 0) is 6.42 Å². The molecule has 0 spiro atoms. The number of unbranched alkanes of at least 4 members (excludes halogenated alkanes) is 4. The summed E-state index contributed by atoms with van der Waals surface area (Å²) in [6.07, 6.45) is 7.17. The summed E-state index contributed by atoms with van der Waals surface area (Å²) in [5, 5.41) is 4.48. The summed E-state index contributed by atoms with van der Waals surface area (Å²) in [6, 6.07) is 18.0. The van der Waals surface area contributed by atoms with E-state index in [9.17, 15) is 4.79 Å². The number of nitrogens with zero attached hydrogens (tertiary/aromatic N) is 2. The largest absolute Gasteiger partial charge is 0.484 e. The molecule has 0 aliphatic rings. The first-order chi connectivity index (χ1) is 14.6. The average Bonchev–Trinajstić information content (AvgIpc) is 3.06. The van der Waals surface area contributed by atoms with Gasteiger partial charge in [0.25, 0.3) is 5.91 Å². The van der Waals surface area contributed by atoms with Crippen LogP contribution in [0, 0.1) is 13.8 Å². The Labute approximate surface area is 179 Å². The van der Waals surface area contributed by atoms with E-state index in [1.807, 2.05) is 56.3 Å². The zero-order valence-electron chi connectivity index (χ0n) is 18.4. The highest BCUT2D eigenvalue weighted by molar-refractivity contribution is 5.80. The highest BCUT2D eigenvalue weighted by Crippen LogP contribution is 2.22. The number of aromatic nitrogens is 2. The molecule has 0 saturated carbocycles. The van der Waals surface area contributed by atoms with E-state index < -0.39 is 0 Å². The van der Waals surface area contributed by atoms with E-state index in [2.05, 4.69) is 24.2 Å². The molecule has 3 rings (SSSR count). The van der Waals surface area contributed by atoms with Crippen LogP contribution in [0.25, 0.3) is 11.1 Å². The standard InChI is InChI=1S/C26H32N2O2/c1-4-5-6-7-11-14-25-20(2)27-28(21(25)3)26(29)19-30-24-17-15-23(16-18-24)22-12-9-8-10-13-22/h8-10,12-13,15-18H,4-7,11,14,19H2,1-3H3. The quantitative estimate of drug-likeness (QED) is 0.367. The lowest BCUT2D eigenvalue weighted by molar-refractivity contribution is 0.0818. The van der Waals surface area contributed by atoms with Gasteiger partial charge in [-0.3, -0.25) is 4.79 Å². The first-order valence-corrected chi connectivity index (χ1v) is 11.0. The van der Waals surface area contributed by atoms with Crippen LogP contribution < -0.4 is 4.74 Å². The fourth-order valence-corrected chi connectivity index (χ4v) is 3.77. The molecular weight excluding hydrogens is 372 g/mol. The molecule has 3 aromatic rings. The third kappa shape index (κ3) is 5.59. The normalized spacial score (nSPS) is 10.9. The molecule has 4 heteroatoms. The van der Waals surface area contributed by atoms with Crippen molar-refractivity contribution in [2.75, 3.05) is 6.61 Å². The van der Waals surface area contributed by atoms with Crippen molar-refractivity contribution in [3.63, 3.8) is 0 Å². The zero-order chi connectivity index (χ0) is 21.3. The molecule has 1 aromatic heterocycles. The van der Waals surface area contributed by atoms with Gasteiger partial charge in [0.1, 0.15) is 5.75 Å². The molecule has 158 valence electrons. The van der Waals surface area contributed by atoms with Gasteiger partial charge in [-0.1, -0.05) is 75.1 Å². The molecule has 0 N–H and O–H groups in total. The maximum Gasteiger partial charge on any atom is 0.284 e. The number of hydrogen-bond acceptors (Lipinski definition) is 3. The van der Waals surface area contributed by atoms with Crippen molar-refractivity contribution in [3.05, 3.63) is 71.5 Å². The van der Waals surface area contributed by atoms with Gasteiger partial charge in [-0.05, 0) is 55.5 Å². The fraction of sp³-hybridized carbons (Fsp3) is 0.385. The Morgan fingerprint density at radius 2 is 1.57 bits per heavy atom. The monoisotopic (exact) mass is 404 g/mol. The van der Waals surface area contributed by atoms with Gasteiger partial charge in [0.05, 0.1) is 5.69 Å². The van der Waals surface area contributed by atoms with Crippen molar-refractivity contribution in [2.45, 2.75) is 59.3 Å². The van der Waals surface area contributed by atoms with Gasteiger partial charge in [-0.15, -0.1) is 0 Å². The van der Waals surface area contributed by atoms with Crippen LogP contribution in [0.15, 0.2) is 54.6 Å². The second-order valence-corrected chi connectivity index (χ2v) is 7.80. The molecular formula is C26H32N2O2. The average molecular weight is 405 g/mol. The van der Waals surface area contributed by atoms with Crippen LogP contribution >= 0.6 is 0 Å². The second kappa shape index (κ2) is 10.8. The Morgan fingerprint density at radius 3 is 2.27 bits per heavy atom. The minimum Gasteiger partial charge on any atom is -0.484 e. The van der Waals surface area contributed by atoms with Gasteiger partial charge < -0.3 is 4.74 Å². The van der Waals surface area contributed by atoms with Gasteiger partial charge >= 0.3 is 0 Å². The number of hydrogen-bond donors (Lipinski definition) is 0. The minimum absolute atomic E-state index is 0.0252. The number of carbonyl (C=O) groups is 1. The summed E-state index contributed by atoms with van der Waals surface area (Å²) in [5.74, 6) is 0.542. The fourth-order valence-electron chi connectivity index (χ4n) is 3.77. The summed E-state index contributed by atoms with van der Waals surface area (Å²) in [6.45, 7) is 6.17. The maximum absolute atomic E-state index is 12.7. The molecule has 0 atom stereocenters. The van der Waals surface area contributed by atoms with Crippen LogP contribution in [0.4, 0.5) is 0 Å². The molecule has 30 heavy (non-hydrogen) atoms. The van der Waals surface area contributed by atoms with Crippen LogP contribution in [-0.4, -0.2) is 22.3 Å². The maximum atomic E-state index is 12.7. The lowest BCUT2D eigenvalue weighted by atomic mass is 10.0. The van der Waals surface area contributed by atoms with Gasteiger partial charge in [0.15, 0.2) is 6.61 Å². The SMILES string of the molecule is CCCCCCCc1c(C)nn(C(=O)COc2ccc(-c3ccccc3)cc2)c1C. The topological polar surface area (TPSA) is 44.1 Å². The predicted molar refractivity (Wildman–Crippen MR) is 122 cm³/mol. The molecule has 4 nitrogen and oxygen atoms in total. The third-order valence-corrected chi connectivity index (χ3v) is 5.53. The van der Waals surface area contributed by atoms with Gasteiger partial charge in [-0.2, -0.15) is 5.10 Å². The minimum atomic E-state index is -0.139. The van der Waals surface area contributed by atoms with E-state index in [1.54, 1.807) is 0 Å². The first-order valence-electron chi connectivity index (χ1n) is 11.0. The lowest BCUT2D eigenvalue weighted by Crippen LogP contribution is -2.21. The summed E-state index contributed by atoms with van der Waals surface area (Å²) >= 11 is 0. The van der Waals surface area contributed by atoms with Gasteiger partial charge in [0.2, 0.25) is 0 Å². The summed E-state index contributed by atoms with van der Waals surface area (Å²) in [5.41, 5.74) is 5.37. The number of ether oxygens (including phenoxy) is 1. The van der Waals surface area contributed by atoms with Crippen LogP contribution in [0.2, 0.25) is 0 Å². The molecule has 0 fully saturated rings. The van der Waals surface area contributed by atoms with Crippen molar-refractivity contribution < 1.29 is 9.53 Å². The second-order valence-electron chi connectivity index (χ2n) is 7.80. The predicted octanol–water partition coefficient (Wildman–Crippen LogP) is 6.40. The van der Waals surface area contributed by atoms with Crippen molar-refractivity contribution in [2.24, 2.45) is 0 Å². The van der Waals surface area contributed by atoms with Crippen molar-refractivity contribution in [1.29, 1.82) is 0 Å². The highest BCUT2D eigenvalue weighted by Gasteiger charge is 2.16. The van der Waals surface area contributed by atoms with E-state index in [-0.39, 0.29) is 12.5 Å². The molecule has 0 amide bonds. The number of aryl methyl sites for hydroxylation is 1. The zero-order valence-corrected chi connectivity index (χ0v) is 18.4. The van der Waals surface area contributed by atoms with Crippen LogP contribution in [0.3, 0.4) is 0 Å². The Kier molecular flexibility index (Phi) is 7.83. The lowest BCUT2D eigenvalue weighted by Gasteiger charge is -2.08. The number of rotatable bonds is 10. The first kappa shape index (κ1) is 21.8. The summed E-state index contributed by atoms with van der Waals surface area (Å²) < 4.78 is 7.24. The van der Waals surface area contributed by atoms with Gasteiger partial charge in [-0.25, -0.2) is 4.68 Å². The van der Waals surface area contributed by atoms with E-state index >= 15 is 0 Å². The smallest absolute Gasteiger partial charge is 0.284 e. The number of benzene rings is 2. The third-order valence-electron chi connectivity index (χ3n) is 5.53. The Morgan fingerprint density at radius 1 is 0.900 bits per heavy atom. The van der Waals surface area contributed by atoms with Crippen molar-refractivity contribution in [1.82, 2.24) is 9.78 Å².